The molecule has 0 bridgehead atoms. The van der Waals surface area contributed by atoms with Gasteiger partial charge in [0, 0.05) is 0 Å². The molecule has 1 fully saturated rings. The van der Waals surface area contributed by atoms with Crippen molar-refractivity contribution in [1.82, 2.24) is 10.6 Å². The third-order valence-corrected chi connectivity index (χ3v) is 3.15. The van der Waals surface area contributed by atoms with E-state index in [2.05, 4.69) is 17.6 Å². The van der Waals surface area contributed by atoms with E-state index in [0.717, 1.165) is 19.3 Å². The lowest BCUT2D eigenvalue weighted by molar-refractivity contribution is -0.123. The zero-order valence-electron chi connectivity index (χ0n) is 10.3. The molecule has 3 amide bonds. The number of urea groups is 1. The van der Waals surface area contributed by atoms with Gasteiger partial charge < -0.3 is 5.32 Å². The monoisotopic (exact) mass is 226 g/mol. The van der Waals surface area contributed by atoms with Crippen LogP contribution < -0.4 is 10.6 Å². The number of rotatable bonds is 7. The first kappa shape index (κ1) is 13.0. The van der Waals surface area contributed by atoms with E-state index >= 15 is 0 Å². The summed E-state index contributed by atoms with van der Waals surface area (Å²) >= 11 is 0. The van der Waals surface area contributed by atoms with Gasteiger partial charge in [-0.3, -0.25) is 10.1 Å². The van der Waals surface area contributed by atoms with Gasteiger partial charge in [-0.2, -0.15) is 0 Å². The molecule has 1 heterocycles. The molecule has 1 saturated heterocycles. The van der Waals surface area contributed by atoms with Crippen LogP contribution in [0.25, 0.3) is 0 Å². The maximum absolute atomic E-state index is 11.5. The van der Waals surface area contributed by atoms with E-state index in [0.29, 0.717) is 0 Å². The maximum atomic E-state index is 11.5. The predicted molar refractivity (Wildman–Crippen MR) is 63.1 cm³/mol. The highest BCUT2D eigenvalue weighted by Gasteiger charge is 2.40. The molecular weight excluding hydrogens is 204 g/mol. The van der Waals surface area contributed by atoms with Crippen LogP contribution in [0.3, 0.4) is 0 Å². The van der Waals surface area contributed by atoms with Crippen LogP contribution >= 0.6 is 0 Å². The van der Waals surface area contributed by atoms with E-state index in [4.69, 9.17) is 0 Å². The fourth-order valence-electron chi connectivity index (χ4n) is 2.01. The summed E-state index contributed by atoms with van der Waals surface area (Å²) in [6.07, 6.45) is 7.89. The smallest absolute Gasteiger partial charge is 0.322 e. The summed E-state index contributed by atoms with van der Waals surface area (Å²) in [5.74, 6) is -0.189. The summed E-state index contributed by atoms with van der Waals surface area (Å²) in [6.45, 7) is 3.98. The van der Waals surface area contributed by atoms with E-state index < -0.39 is 5.54 Å². The molecule has 0 aliphatic carbocycles. The van der Waals surface area contributed by atoms with Crippen molar-refractivity contribution in [3.63, 3.8) is 0 Å². The van der Waals surface area contributed by atoms with Gasteiger partial charge in [-0.15, -0.1) is 0 Å². The van der Waals surface area contributed by atoms with E-state index in [1.54, 1.807) is 6.92 Å². The first-order valence-electron chi connectivity index (χ1n) is 6.22. The summed E-state index contributed by atoms with van der Waals surface area (Å²) in [7, 11) is 0. The van der Waals surface area contributed by atoms with Crippen molar-refractivity contribution in [1.29, 1.82) is 0 Å². The second-order valence-corrected chi connectivity index (χ2v) is 4.76. The summed E-state index contributed by atoms with van der Waals surface area (Å²) in [5, 5.41) is 4.96. The molecule has 0 radical (unpaired) electrons. The Morgan fingerprint density at radius 3 is 2.25 bits per heavy atom. The van der Waals surface area contributed by atoms with E-state index in [1.807, 2.05) is 0 Å². The topological polar surface area (TPSA) is 58.2 Å². The average Bonchev–Trinajstić information content (AvgIpc) is 2.47. The fraction of sp³-hybridized carbons (Fsp3) is 0.833. The van der Waals surface area contributed by atoms with Crippen LogP contribution in [0.2, 0.25) is 0 Å². The molecule has 4 heteroatoms. The highest BCUT2D eigenvalue weighted by Crippen LogP contribution is 2.19. The summed E-state index contributed by atoms with van der Waals surface area (Å²) in [4.78, 5) is 22.5. The number of imide groups is 1. The SMILES string of the molecule is CCCCCCCC[C@]1(C)NC(=O)NC1=O. The van der Waals surface area contributed by atoms with Crippen molar-refractivity contribution < 1.29 is 9.59 Å². The minimum atomic E-state index is -0.679. The highest BCUT2D eigenvalue weighted by atomic mass is 16.2. The van der Waals surface area contributed by atoms with E-state index in [9.17, 15) is 9.59 Å². The molecule has 16 heavy (non-hydrogen) atoms. The molecule has 0 unspecified atom stereocenters. The van der Waals surface area contributed by atoms with Gasteiger partial charge in [-0.1, -0.05) is 45.4 Å². The first-order chi connectivity index (χ1) is 7.58. The lowest BCUT2D eigenvalue weighted by Crippen LogP contribution is -2.43. The van der Waals surface area contributed by atoms with Gasteiger partial charge in [0.2, 0.25) is 0 Å². The minimum Gasteiger partial charge on any atom is -0.324 e. The Hall–Kier alpha value is -1.06. The number of amides is 3. The largest absolute Gasteiger partial charge is 0.324 e. The van der Waals surface area contributed by atoms with Crippen LogP contribution in [-0.4, -0.2) is 17.5 Å². The van der Waals surface area contributed by atoms with Crippen LogP contribution in [-0.2, 0) is 4.79 Å². The van der Waals surface area contributed by atoms with Gasteiger partial charge in [0.05, 0.1) is 0 Å². The van der Waals surface area contributed by atoms with Gasteiger partial charge in [0.25, 0.3) is 5.91 Å². The first-order valence-corrected chi connectivity index (χ1v) is 6.22. The molecule has 0 saturated carbocycles. The molecule has 0 aromatic rings. The quantitative estimate of drug-likeness (QED) is 0.517. The second-order valence-electron chi connectivity index (χ2n) is 4.76. The van der Waals surface area contributed by atoms with Crippen LogP contribution in [0.4, 0.5) is 4.79 Å². The van der Waals surface area contributed by atoms with Crippen molar-refractivity contribution >= 4 is 11.9 Å². The Balaban J connectivity index is 2.17. The van der Waals surface area contributed by atoms with Crippen molar-refractivity contribution in [3.8, 4) is 0 Å². The molecule has 92 valence electrons. The zero-order valence-corrected chi connectivity index (χ0v) is 10.3. The van der Waals surface area contributed by atoms with Gasteiger partial charge >= 0.3 is 6.03 Å². The van der Waals surface area contributed by atoms with Gasteiger partial charge in [0.1, 0.15) is 5.54 Å². The van der Waals surface area contributed by atoms with Crippen LogP contribution in [0.5, 0.6) is 0 Å². The molecule has 0 aromatic carbocycles. The normalized spacial score (nSPS) is 24.4. The molecule has 1 rings (SSSR count). The maximum Gasteiger partial charge on any atom is 0.322 e. The third-order valence-electron chi connectivity index (χ3n) is 3.15. The standard InChI is InChI=1S/C12H22N2O2/c1-3-4-5-6-7-8-9-12(2)10(15)13-11(16)14-12/h3-9H2,1-2H3,(H2,13,14,15,16)/t12-/m0/s1. The average molecular weight is 226 g/mol. The Morgan fingerprint density at radius 1 is 1.06 bits per heavy atom. The molecule has 4 nitrogen and oxygen atoms in total. The Labute approximate surface area is 97.2 Å². The van der Waals surface area contributed by atoms with Crippen molar-refractivity contribution in [3.05, 3.63) is 0 Å². The van der Waals surface area contributed by atoms with Gasteiger partial charge in [-0.25, -0.2) is 4.79 Å². The third kappa shape index (κ3) is 3.51. The summed E-state index contributed by atoms with van der Waals surface area (Å²) in [5.41, 5.74) is -0.679. The van der Waals surface area contributed by atoms with Crippen LogP contribution in [0.15, 0.2) is 0 Å². The number of hydrogen-bond acceptors (Lipinski definition) is 2. The van der Waals surface area contributed by atoms with Gasteiger partial charge in [-0.05, 0) is 13.3 Å². The van der Waals surface area contributed by atoms with E-state index in [1.165, 1.54) is 25.7 Å². The molecule has 2 N–H and O–H groups in total. The lowest BCUT2D eigenvalue weighted by atomic mass is 9.94. The number of hydrogen-bond donors (Lipinski definition) is 2. The molecule has 0 spiro atoms. The molecule has 1 atom stereocenters. The minimum absolute atomic E-state index is 0.189. The highest BCUT2D eigenvalue weighted by molar-refractivity contribution is 6.06. The fourth-order valence-corrected chi connectivity index (χ4v) is 2.01. The number of nitrogens with one attached hydrogen (secondary N) is 2. The number of carbonyl (C=O) groups is 2. The van der Waals surface area contributed by atoms with Crippen molar-refractivity contribution in [2.45, 2.75) is 64.3 Å². The van der Waals surface area contributed by atoms with Crippen LogP contribution in [0.1, 0.15) is 58.8 Å². The molecule has 0 aromatic heterocycles. The Kier molecular flexibility index (Phi) is 4.77. The van der Waals surface area contributed by atoms with Crippen LogP contribution in [0, 0.1) is 0 Å². The molecule has 1 aliphatic heterocycles. The van der Waals surface area contributed by atoms with Crippen molar-refractivity contribution in [2.24, 2.45) is 0 Å². The summed E-state index contributed by atoms with van der Waals surface area (Å²) < 4.78 is 0. The lowest BCUT2D eigenvalue weighted by Gasteiger charge is -2.19. The Bertz CT molecular complexity index is 266. The van der Waals surface area contributed by atoms with Gasteiger partial charge in [0.15, 0.2) is 0 Å². The zero-order chi connectivity index (χ0) is 12.0. The number of unbranched alkanes of at least 4 members (excludes halogenated alkanes) is 5. The van der Waals surface area contributed by atoms with Crippen molar-refractivity contribution in [2.75, 3.05) is 0 Å². The number of carbonyl (C=O) groups excluding carboxylic acids is 2. The second kappa shape index (κ2) is 5.87. The summed E-state index contributed by atoms with van der Waals surface area (Å²) in [6, 6.07) is -0.363. The molecule has 1 aliphatic rings. The Morgan fingerprint density at radius 2 is 1.69 bits per heavy atom. The molecular formula is C12H22N2O2. The van der Waals surface area contributed by atoms with E-state index in [-0.39, 0.29) is 11.9 Å². The predicted octanol–water partition coefficient (Wildman–Crippen LogP) is 2.34.